The van der Waals surface area contributed by atoms with Crippen LogP contribution in [0.3, 0.4) is 0 Å². The van der Waals surface area contributed by atoms with E-state index in [0.717, 1.165) is 28.2 Å². The second-order valence-electron chi connectivity index (χ2n) is 6.17. The highest BCUT2D eigenvalue weighted by Gasteiger charge is 2.18. The SMILES string of the molecule is CCc1ccccc1NC(=O)CN(C)[C@@H](C)c1nc2ccccc2s1. The monoisotopic (exact) mass is 353 g/mol. The lowest BCUT2D eigenvalue weighted by Gasteiger charge is -2.22. The first-order valence-corrected chi connectivity index (χ1v) is 9.33. The number of rotatable bonds is 6. The van der Waals surface area contributed by atoms with Crippen LogP contribution in [0.25, 0.3) is 10.2 Å². The molecule has 25 heavy (non-hydrogen) atoms. The van der Waals surface area contributed by atoms with Gasteiger partial charge in [0.15, 0.2) is 0 Å². The highest BCUT2D eigenvalue weighted by atomic mass is 32.1. The third-order valence-electron chi connectivity index (χ3n) is 4.39. The van der Waals surface area contributed by atoms with E-state index in [9.17, 15) is 4.79 Å². The van der Waals surface area contributed by atoms with E-state index in [0.29, 0.717) is 6.54 Å². The lowest BCUT2D eigenvalue weighted by molar-refractivity contribution is -0.117. The minimum absolute atomic E-state index is 0.00337. The topological polar surface area (TPSA) is 45.2 Å². The highest BCUT2D eigenvalue weighted by molar-refractivity contribution is 7.18. The number of hydrogen-bond acceptors (Lipinski definition) is 4. The van der Waals surface area contributed by atoms with Crippen molar-refractivity contribution in [1.82, 2.24) is 9.88 Å². The number of aryl methyl sites for hydroxylation is 1. The molecule has 0 saturated heterocycles. The zero-order valence-corrected chi connectivity index (χ0v) is 15.6. The van der Waals surface area contributed by atoms with Crippen molar-refractivity contribution in [2.45, 2.75) is 26.3 Å². The molecular formula is C20H23N3OS. The average molecular weight is 353 g/mol. The molecule has 0 aliphatic heterocycles. The maximum atomic E-state index is 12.4. The van der Waals surface area contributed by atoms with Crippen molar-refractivity contribution < 1.29 is 4.79 Å². The number of carbonyl (C=O) groups is 1. The number of carbonyl (C=O) groups excluding carboxylic acids is 1. The molecule has 5 heteroatoms. The number of nitrogens with zero attached hydrogens (tertiary/aromatic N) is 2. The van der Waals surface area contributed by atoms with Gasteiger partial charge in [0.1, 0.15) is 5.01 Å². The van der Waals surface area contributed by atoms with Crippen molar-refractivity contribution >= 4 is 33.1 Å². The minimum Gasteiger partial charge on any atom is -0.325 e. The molecule has 3 aromatic rings. The van der Waals surface area contributed by atoms with Crippen LogP contribution in [-0.4, -0.2) is 29.4 Å². The van der Waals surface area contributed by atoms with Gasteiger partial charge in [-0.15, -0.1) is 11.3 Å². The Labute approximate surface area is 152 Å². The number of fused-ring (bicyclic) bond motifs is 1. The normalized spacial score (nSPS) is 12.5. The predicted octanol–water partition coefficient (Wildman–Crippen LogP) is 4.49. The predicted molar refractivity (Wildman–Crippen MR) is 105 cm³/mol. The molecule has 1 atom stereocenters. The van der Waals surface area contributed by atoms with Crippen molar-refractivity contribution in [3.05, 3.63) is 59.1 Å². The number of amides is 1. The van der Waals surface area contributed by atoms with Crippen LogP contribution in [0.2, 0.25) is 0 Å². The van der Waals surface area contributed by atoms with Gasteiger partial charge in [-0.25, -0.2) is 4.98 Å². The molecule has 0 saturated carbocycles. The smallest absolute Gasteiger partial charge is 0.238 e. The summed E-state index contributed by atoms with van der Waals surface area (Å²) in [6.45, 7) is 4.51. The Morgan fingerprint density at radius 2 is 1.92 bits per heavy atom. The zero-order valence-electron chi connectivity index (χ0n) is 14.8. The molecule has 3 rings (SSSR count). The lowest BCUT2D eigenvalue weighted by atomic mass is 10.1. The first-order valence-electron chi connectivity index (χ1n) is 8.52. The summed E-state index contributed by atoms with van der Waals surface area (Å²) in [5, 5.41) is 4.06. The van der Waals surface area contributed by atoms with Gasteiger partial charge in [0, 0.05) is 5.69 Å². The van der Waals surface area contributed by atoms with Crippen LogP contribution >= 0.6 is 11.3 Å². The first-order chi connectivity index (χ1) is 12.1. The molecule has 130 valence electrons. The number of para-hydroxylation sites is 2. The summed E-state index contributed by atoms with van der Waals surface area (Å²) in [6.07, 6.45) is 0.897. The molecule has 0 unspecified atom stereocenters. The molecule has 0 aliphatic carbocycles. The fourth-order valence-corrected chi connectivity index (χ4v) is 3.85. The Bertz CT molecular complexity index is 841. The molecule has 0 radical (unpaired) electrons. The summed E-state index contributed by atoms with van der Waals surface area (Å²) >= 11 is 1.69. The molecule has 4 nitrogen and oxygen atoms in total. The molecule has 1 N–H and O–H groups in total. The number of anilines is 1. The van der Waals surface area contributed by atoms with Gasteiger partial charge in [-0.2, -0.15) is 0 Å². The maximum Gasteiger partial charge on any atom is 0.238 e. The molecule has 1 aromatic heterocycles. The molecule has 1 amide bonds. The van der Waals surface area contributed by atoms with Crippen molar-refractivity contribution in [2.75, 3.05) is 18.9 Å². The zero-order chi connectivity index (χ0) is 17.8. The number of aromatic nitrogens is 1. The van der Waals surface area contributed by atoms with E-state index < -0.39 is 0 Å². The van der Waals surface area contributed by atoms with Gasteiger partial charge in [-0.05, 0) is 44.2 Å². The number of thiazole rings is 1. The van der Waals surface area contributed by atoms with Crippen LogP contribution in [0.5, 0.6) is 0 Å². The van der Waals surface area contributed by atoms with Gasteiger partial charge in [0.05, 0.1) is 22.8 Å². The molecule has 1 heterocycles. The van der Waals surface area contributed by atoms with Crippen LogP contribution in [0, 0.1) is 0 Å². The van der Waals surface area contributed by atoms with Gasteiger partial charge in [-0.3, -0.25) is 9.69 Å². The van der Waals surface area contributed by atoms with Gasteiger partial charge < -0.3 is 5.32 Å². The molecule has 0 aliphatic rings. The lowest BCUT2D eigenvalue weighted by Crippen LogP contribution is -2.32. The quantitative estimate of drug-likeness (QED) is 0.710. The largest absolute Gasteiger partial charge is 0.325 e. The molecular weight excluding hydrogens is 330 g/mol. The van der Waals surface area contributed by atoms with Crippen molar-refractivity contribution in [1.29, 1.82) is 0 Å². The van der Waals surface area contributed by atoms with Gasteiger partial charge in [0.25, 0.3) is 0 Å². The Morgan fingerprint density at radius 3 is 2.68 bits per heavy atom. The maximum absolute atomic E-state index is 12.4. The highest BCUT2D eigenvalue weighted by Crippen LogP contribution is 2.28. The Balaban J connectivity index is 1.66. The van der Waals surface area contributed by atoms with E-state index >= 15 is 0 Å². The molecule has 0 fully saturated rings. The van der Waals surface area contributed by atoms with Crippen LogP contribution in [0.15, 0.2) is 48.5 Å². The van der Waals surface area contributed by atoms with Crippen LogP contribution in [-0.2, 0) is 11.2 Å². The second kappa shape index (κ2) is 7.76. The summed E-state index contributed by atoms with van der Waals surface area (Å²) in [4.78, 5) is 19.2. The Hall–Kier alpha value is -2.24. The molecule has 0 spiro atoms. The van der Waals surface area contributed by atoms with E-state index in [4.69, 9.17) is 4.98 Å². The average Bonchev–Trinajstić information content (AvgIpc) is 3.05. The standard InChI is InChI=1S/C20H23N3OS/c1-4-15-9-5-6-10-16(15)21-19(24)13-23(3)14(2)20-22-17-11-7-8-12-18(17)25-20/h5-12,14H,4,13H2,1-3H3,(H,21,24)/t14-/m0/s1. The molecule has 2 aromatic carbocycles. The summed E-state index contributed by atoms with van der Waals surface area (Å²) in [5.41, 5.74) is 3.07. The van der Waals surface area contributed by atoms with Crippen molar-refractivity contribution in [3.63, 3.8) is 0 Å². The first kappa shape index (κ1) is 17.6. The Kier molecular flexibility index (Phi) is 5.46. The summed E-state index contributed by atoms with van der Waals surface area (Å²) in [5.74, 6) is -0.00337. The van der Waals surface area contributed by atoms with Crippen molar-refractivity contribution in [3.8, 4) is 0 Å². The minimum atomic E-state index is -0.00337. The van der Waals surface area contributed by atoms with Crippen LogP contribution in [0.4, 0.5) is 5.69 Å². The van der Waals surface area contributed by atoms with Crippen molar-refractivity contribution in [2.24, 2.45) is 0 Å². The summed E-state index contributed by atoms with van der Waals surface area (Å²) in [7, 11) is 1.96. The van der Waals surface area contributed by atoms with E-state index in [1.807, 2.05) is 54.4 Å². The van der Waals surface area contributed by atoms with Gasteiger partial charge in [-0.1, -0.05) is 37.3 Å². The number of likely N-dealkylation sites (N-methyl/N-ethyl adjacent to an activating group) is 1. The summed E-state index contributed by atoms with van der Waals surface area (Å²) < 4.78 is 1.18. The van der Waals surface area contributed by atoms with Gasteiger partial charge >= 0.3 is 0 Å². The fraction of sp³-hybridized carbons (Fsp3) is 0.300. The fourth-order valence-electron chi connectivity index (χ4n) is 2.76. The Morgan fingerprint density at radius 1 is 1.20 bits per heavy atom. The summed E-state index contributed by atoms with van der Waals surface area (Å²) in [6, 6.07) is 16.2. The van der Waals surface area contributed by atoms with Gasteiger partial charge in [0.2, 0.25) is 5.91 Å². The van der Waals surface area contributed by atoms with Crippen LogP contribution < -0.4 is 5.32 Å². The molecule has 0 bridgehead atoms. The number of benzene rings is 2. The number of hydrogen-bond donors (Lipinski definition) is 1. The third kappa shape index (κ3) is 4.06. The van der Waals surface area contributed by atoms with E-state index in [1.54, 1.807) is 11.3 Å². The third-order valence-corrected chi connectivity index (χ3v) is 5.60. The van der Waals surface area contributed by atoms with E-state index in [2.05, 4.69) is 25.2 Å². The van der Waals surface area contributed by atoms with E-state index in [-0.39, 0.29) is 11.9 Å². The van der Waals surface area contributed by atoms with E-state index in [1.165, 1.54) is 4.70 Å². The number of nitrogens with one attached hydrogen (secondary N) is 1. The van der Waals surface area contributed by atoms with Crippen LogP contribution in [0.1, 0.15) is 30.5 Å². The second-order valence-corrected chi connectivity index (χ2v) is 7.23.